The summed E-state index contributed by atoms with van der Waals surface area (Å²) < 4.78 is 13.1. The summed E-state index contributed by atoms with van der Waals surface area (Å²) in [5.41, 5.74) is 1.36. The molecule has 1 aliphatic rings. The molecular formula is C15H20FN3. The number of nitrogens with one attached hydrogen (secondary N) is 1. The molecule has 0 aromatic heterocycles. The van der Waals surface area contributed by atoms with E-state index in [1.807, 2.05) is 0 Å². The summed E-state index contributed by atoms with van der Waals surface area (Å²) in [6.45, 7) is 5.87. The molecule has 1 fully saturated rings. The van der Waals surface area contributed by atoms with Gasteiger partial charge < -0.3 is 5.32 Å². The average Bonchev–Trinajstić information content (AvgIpc) is 2.46. The lowest BCUT2D eigenvalue weighted by molar-refractivity contribution is 0.166. The van der Waals surface area contributed by atoms with Crippen molar-refractivity contribution in [1.82, 2.24) is 10.2 Å². The number of likely N-dealkylation sites (N-methyl/N-ethyl adjacent to an activating group) is 1. The Morgan fingerprint density at radius 2 is 2.37 bits per heavy atom. The number of rotatable bonds is 4. The molecule has 1 unspecified atom stereocenters. The molecule has 3 nitrogen and oxygen atoms in total. The van der Waals surface area contributed by atoms with E-state index < -0.39 is 0 Å². The number of hydrogen-bond acceptors (Lipinski definition) is 3. The molecular weight excluding hydrogens is 241 g/mol. The first-order valence-electron chi connectivity index (χ1n) is 6.88. The van der Waals surface area contributed by atoms with Gasteiger partial charge in [0.05, 0.1) is 11.6 Å². The first-order valence-corrected chi connectivity index (χ1v) is 6.88. The second kappa shape index (κ2) is 6.65. The standard InChI is InChI=1S/C15H20FN3/c1-2-19(15-4-3-7-18-10-15)11-12-5-6-14(16)8-13(12)9-17/h5-6,8,15,18H,2-4,7,10-11H2,1H3. The predicted octanol–water partition coefficient (Wildman–Crippen LogP) is 2.27. The fourth-order valence-electron chi connectivity index (χ4n) is 2.65. The van der Waals surface area contributed by atoms with Crippen molar-refractivity contribution in [2.24, 2.45) is 0 Å². The molecule has 1 heterocycles. The van der Waals surface area contributed by atoms with Gasteiger partial charge in [-0.25, -0.2) is 4.39 Å². The summed E-state index contributed by atoms with van der Waals surface area (Å²) in [7, 11) is 0. The zero-order valence-corrected chi connectivity index (χ0v) is 11.3. The molecule has 2 rings (SSSR count). The second-order valence-electron chi connectivity index (χ2n) is 4.98. The summed E-state index contributed by atoms with van der Waals surface area (Å²) in [5.74, 6) is -0.345. The van der Waals surface area contributed by atoms with Crippen LogP contribution in [0.5, 0.6) is 0 Å². The largest absolute Gasteiger partial charge is 0.315 e. The van der Waals surface area contributed by atoms with Crippen molar-refractivity contribution in [3.63, 3.8) is 0 Å². The van der Waals surface area contributed by atoms with Gasteiger partial charge in [0.15, 0.2) is 0 Å². The number of benzene rings is 1. The number of nitrogens with zero attached hydrogens (tertiary/aromatic N) is 2. The maximum absolute atomic E-state index is 13.1. The van der Waals surface area contributed by atoms with Crippen LogP contribution >= 0.6 is 0 Å². The molecule has 19 heavy (non-hydrogen) atoms. The van der Waals surface area contributed by atoms with E-state index in [-0.39, 0.29) is 5.82 Å². The Kier molecular flexibility index (Phi) is 4.89. The normalized spacial score (nSPS) is 19.4. The van der Waals surface area contributed by atoms with E-state index >= 15 is 0 Å². The Labute approximate surface area is 114 Å². The van der Waals surface area contributed by atoms with Gasteiger partial charge in [-0.1, -0.05) is 13.0 Å². The summed E-state index contributed by atoms with van der Waals surface area (Å²) in [5, 5.41) is 12.5. The molecule has 0 spiro atoms. The highest BCUT2D eigenvalue weighted by atomic mass is 19.1. The quantitative estimate of drug-likeness (QED) is 0.903. The van der Waals surface area contributed by atoms with Gasteiger partial charge in [0.2, 0.25) is 0 Å². The van der Waals surface area contributed by atoms with Crippen LogP contribution in [0.15, 0.2) is 18.2 Å². The van der Waals surface area contributed by atoms with E-state index in [0.717, 1.165) is 25.2 Å². The summed E-state index contributed by atoms with van der Waals surface area (Å²) in [4.78, 5) is 2.36. The van der Waals surface area contributed by atoms with Crippen LogP contribution in [0.25, 0.3) is 0 Å². The van der Waals surface area contributed by atoms with Crippen LogP contribution in [-0.4, -0.2) is 30.6 Å². The van der Waals surface area contributed by atoms with E-state index in [4.69, 9.17) is 5.26 Å². The van der Waals surface area contributed by atoms with Crippen LogP contribution in [-0.2, 0) is 6.54 Å². The maximum atomic E-state index is 13.1. The third kappa shape index (κ3) is 3.52. The summed E-state index contributed by atoms with van der Waals surface area (Å²) in [6, 6.07) is 7.08. The highest BCUT2D eigenvalue weighted by molar-refractivity contribution is 5.37. The topological polar surface area (TPSA) is 39.1 Å². The second-order valence-corrected chi connectivity index (χ2v) is 4.98. The Bertz CT molecular complexity index is 461. The van der Waals surface area contributed by atoms with Crippen molar-refractivity contribution in [2.75, 3.05) is 19.6 Å². The van der Waals surface area contributed by atoms with Gasteiger partial charge in [0, 0.05) is 19.1 Å². The van der Waals surface area contributed by atoms with Crippen molar-refractivity contribution in [3.05, 3.63) is 35.1 Å². The molecule has 0 amide bonds. The molecule has 0 bridgehead atoms. The van der Waals surface area contributed by atoms with Crippen LogP contribution in [0.1, 0.15) is 30.9 Å². The Hall–Kier alpha value is -1.44. The van der Waals surface area contributed by atoms with Crippen molar-refractivity contribution >= 4 is 0 Å². The van der Waals surface area contributed by atoms with Crippen LogP contribution in [0.2, 0.25) is 0 Å². The third-order valence-electron chi connectivity index (χ3n) is 3.76. The number of hydrogen-bond donors (Lipinski definition) is 1. The maximum Gasteiger partial charge on any atom is 0.124 e. The highest BCUT2D eigenvalue weighted by Gasteiger charge is 2.20. The summed E-state index contributed by atoms with van der Waals surface area (Å²) in [6.07, 6.45) is 2.37. The molecule has 1 aromatic rings. The SMILES string of the molecule is CCN(Cc1ccc(F)cc1C#N)C1CCCNC1. The lowest BCUT2D eigenvalue weighted by Gasteiger charge is -2.34. The average molecular weight is 261 g/mol. The zero-order chi connectivity index (χ0) is 13.7. The third-order valence-corrected chi connectivity index (χ3v) is 3.76. The van der Waals surface area contributed by atoms with Gasteiger partial charge in [0.1, 0.15) is 5.82 Å². The van der Waals surface area contributed by atoms with Crippen LogP contribution < -0.4 is 5.32 Å². The Morgan fingerprint density at radius 3 is 3.00 bits per heavy atom. The van der Waals surface area contributed by atoms with Crippen molar-refractivity contribution < 1.29 is 4.39 Å². The van der Waals surface area contributed by atoms with Crippen molar-refractivity contribution in [1.29, 1.82) is 5.26 Å². The Morgan fingerprint density at radius 1 is 1.53 bits per heavy atom. The fraction of sp³-hybridized carbons (Fsp3) is 0.533. The molecule has 1 aliphatic heterocycles. The fourth-order valence-corrected chi connectivity index (χ4v) is 2.65. The lowest BCUT2D eigenvalue weighted by atomic mass is 10.0. The zero-order valence-electron chi connectivity index (χ0n) is 11.3. The van der Waals surface area contributed by atoms with E-state index in [1.165, 1.54) is 25.0 Å². The predicted molar refractivity (Wildman–Crippen MR) is 73.1 cm³/mol. The molecule has 1 saturated heterocycles. The first kappa shape index (κ1) is 14.0. The highest BCUT2D eigenvalue weighted by Crippen LogP contribution is 2.17. The summed E-state index contributed by atoms with van der Waals surface area (Å²) >= 11 is 0. The molecule has 0 radical (unpaired) electrons. The molecule has 4 heteroatoms. The number of halogens is 1. The van der Waals surface area contributed by atoms with Crippen LogP contribution in [0.3, 0.4) is 0 Å². The minimum absolute atomic E-state index is 0.345. The molecule has 0 aliphatic carbocycles. The molecule has 102 valence electrons. The Balaban J connectivity index is 2.11. The molecule has 1 aromatic carbocycles. The van der Waals surface area contributed by atoms with E-state index in [2.05, 4.69) is 23.2 Å². The minimum atomic E-state index is -0.345. The van der Waals surface area contributed by atoms with Gasteiger partial charge in [-0.15, -0.1) is 0 Å². The molecule has 1 atom stereocenters. The van der Waals surface area contributed by atoms with E-state index in [1.54, 1.807) is 6.07 Å². The van der Waals surface area contributed by atoms with Gasteiger partial charge in [0.25, 0.3) is 0 Å². The van der Waals surface area contributed by atoms with Crippen molar-refractivity contribution in [3.8, 4) is 6.07 Å². The van der Waals surface area contributed by atoms with Gasteiger partial charge in [-0.3, -0.25) is 4.90 Å². The van der Waals surface area contributed by atoms with E-state index in [0.29, 0.717) is 18.2 Å². The number of nitriles is 1. The van der Waals surface area contributed by atoms with Crippen LogP contribution in [0, 0.1) is 17.1 Å². The van der Waals surface area contributed by atoms with E-state index in [9.17, 15) is 4.39 Å². The monoisotopic (exact) mass is 261 g/mol. The molecule has 0 saturated carbocycles. The minimum Gasteiger partial charge on any atom is -0.315 e. The number of piperidine rings is 1. The van der Waals surface area contributed by atoms with Crippen molar-refractivity contribution in [2.45, 2.75) is 32.4 Å². The lowest BCUT2D eigenvalue weighted by Crippen LogP contribution is -2.45. The first-order chi connectivity index (χ1) is 9.24. The van der Waals surface area contributed by atoms with Gasteiger partial charge in [-0.05, 0) is 43.6 Å². The van der Waals surface area contributed by atoms with Gasteiger partial charge in [-0.2, -0.15) is 5.26 Å². The van der Waals surface area contributed by atoms with Gasteiger partial charge >= 0.3 is 0 Å². The van der Waals surface area contributed by atoms with Crippen LogP contribution in [0.4, 0.5) is 4.39 Å². The smallest absolute Gasteiger partial charge is 0.124 e. The molecule has 1 N–H and O–H groups in total.